The summed E-state index contributed by atoms with van der Waals surface area (Å²) < 4.78 is 5.84. The van der Waals surface area contributed by atoms with Crippen molar-refractivity contribution in [3.05, 3.63) is 71.9 Å². The van der Waals surface area contributed by atoms with Crippen LogP contribution in [0.15, 0.2) is 60.8 Å². The molecule has 7 nitrogen and oxygen atoms in total. The predicted molar refractivity (Wildman–Crippen MR) is 130 cm³/mol. The Bertz CT molecular complexity index is 1080. The molecule has 2 N–H and O–H groups in total. The van der Waals surface area contributed by atoms with Crippen molar-refractivity contribution in [3.8, 4) is 17.0 Å². The number of carbonyl (C=O) groups excluding carboxylic acids is 1. The van der Waals surface area contributed by atoms with E-state index in [1.165, 1.54) is 18.2 Å². The van der Waals surface area contributed by atoms with Crippen molar-refractivity contribution in [3.63, 3.8) is 0 Å². The second-order valence-electron chi connectivity index (χ2n) is 8.07. The van der Waals surface area contributed by atoms with Gasteiger partial charge in [-0.05, 0) is 0 Å². The summed E-state index contributed by atoms with van der Waals surface area (Å²) in [6.07, 6.45) is 2.83. The number of ether oxygens (including phenoxy) is 1. The Hall–Kier alpha value is -2.73. The molecule has 4 rings (SSSR count). The average molecular weight is 508 g/mol. The van der Waals surface area contributed by atoms with E-state index < -0.39 is 15.8 Å². The molecule has 2 heterocycles. The van der Waals surface area contributed by atoms with Gasteiger partial charge in [0.25, 0.3) is 0 Å². The van der Waals surface area contributed by atoms with Crippen LogP contribution in [0.4, 0.5) is 0 Å². The minimum atomic E-state index is -0.444. The van der Waals surface area contributed by atoms with E-state index in [-0.39, 0.29) is 12.0 Å². The third kappa shape index (κ3) is 6.64. The summed E-state index contributed by atoms with van der Waals surface area (Å²) in [4.78, 5) is 23.5. The summed E-state index contributed by atoms with van der Waals surface area (Å²) in [5.74, 6) is 0.0874. The van der Waals surface area contributed by atoms with Crippen molar-refractivity contribution in [1.29, 1.82) is 0 Å². The Morgan fingerprint density at radius 3 is 2.88 bits per heavy atom. The first-order valence-corrected chi connectivity index (χ1v) is 13.6. The Kier molecular flexibility index (Phi) is 8.10. The third-order valence-corrected chi connectivity index (χ3v) is 7.88. The Labute approximate surface area is 200 Å². The van der Waals surface area contributed by atoms with E-state index in [4.69, 9.17) is 9.72 Å². The number of hydrogen-bond donors (Lipinski definition) is 2. The number of rotatable bonds is 8. The van der Waals surface area contributed by atoms with Crippen LogP contribution in [-0.2, 0) is 22.5 Å². The van der Waals surface area contributed by atoms with Gasteiger partial charge in [0.15, 0.2) is 0 Å². The van der Waals surface area contributed by atoms with Gasteiger partial charge in [-0.2, -0.15) is 0 Å². The quantitative estimate of drug-likeness (QED) is 0.353. The number of piperazine rings is 1. The maximum atomic E-state index is 11.9. The molecule has 8 heteroatoms. The molecule has 0 amide bonds. The Morgan fingerprint density at radius 1 is 1.21 bits per heavy atom. The van der Waals surface area contributed by atoms with Gasteiger partial charge in [0.05, 0.1) is 7.11 Å². The van der Waals surface area contributed by atoms with Crippen molar-refractivity contribution in [1.82, 2.24) is 20.2 Å². The van der Waals surface area contributed by atoms with Crippen LogP contribution >= 0.6 is 0 Å². The number of carbonyl (C=O) groups is 1. The van der Waals surface area contributed by atoms with Gasteiger partial charge in [-0.1, -0.05) is 0 Å². The first-order chi connectivity index (χ1) is 16.1. The van der Waals surface area contributed by atoms with Crippen molar-refractivity contribution >= 4 is 26.3 Å². The number of hydrogen-bond acceptors (Lipinski definition) is 7. The Morgan fingerprint density at radius 2 is 2.06 bits per heavy atom. The third-order valence-electron chi connectivity index (χ3n) is 5.66. The topological polar surface area (TPSA) is 87.6 Å². The summed E-state index contributed by atoms with van der Waals surface area (Å²) in [6, 6.07) is 17.5. The van der Waals surface area contributed by atoms with E-state index in [0.717, 1.165) is 47.1 Å². The van der Waals surface area contributed by atoms with Crippen LogP contribution in [0.25, 0.3) is 11.3 Å². The van der Waals surface area contributed by atoms with Gasteiger partial charge in [0.1, 0.15) is 0 Å². The fraction of sp³-hybridized carbons (Fsp3) is 0.320. The second kappa shape index (κ2) is 11.4. The SMILES string of the molecule is COC(=O)C1CN(Cc2cccc(-c3ccnc([AsH]CCc4ccc(O)cc4)n3)c2)CCN1. The van der Waals surface area contributed by atoms with Crippen LogP contribution in [0, 0.1) is 0 Å². The molecule has 3 aromatic rings. The van der Waals surface area contributed by atoms with Crippen LogP contribution in [0.1, 0.15) is 11.1 Å². The van der Waals surface area contributed by atoms with Crippen LogP contribution in [0.2, 0.25) is 5.21 Å². The standard InChI is InChI=1S/C25H29AsN4O3/c1-33-24(32)23-17-30(14-13-27-23)16-19-3-2-4-20(15-19)22-10-12-28-25(29-22)26-11-9-18-5-7-21(31)8-6-18/h2-8,10,12,15,23,26-27,31H,9,11,13-14,16-17H2,1H3. The molecular weight excluding hydrogens is 479 g/mol. The van der Waals surface area contributed by atoms with Gasteiger partial charge in [0.2, 0.25) is 0 Å². The molecule has 1 fully saturated rings. The van der Waals surface area contributed by atoms with Crippen LogP contribution < -0.4 is 9.93 Å². The molecule has 1 aliphatic rings. The van der Waals surface area contributed by atoms with Gasteiger partial charge in [-0.3, -0.25) is 0 Å². The average Bonchev–Trinajstić information content (AvgIpc) is 2.85. The van der Waals surface area contributed by atoms with E-state index in [2.05, 4.69) is 39.5 Å². The van der Waals surface area contributed by atoms with Gasteiger partial charge in [-0.25, -0.2) is 0 Å². The Balaban J connectivity index is 1.37. The van der Waals surface area contributed by atoms with E-state index in [1.54, 1.807) is 12.1 Å². The minimum absolute atomic E-state index is 0.212. The van der Waals surface area contributed by atoms with Crippen LogP contribution in [-0.4, -0.2) is 74.5 Å². The monoisotopic (exact) mass is 508 g/mol. The van der Waals surface area contributed by atoms with Crippen molar-refractivity contribution in [2.75, 3.05) is 26.7 Å². The van der Waals surface area contributed by atoms with Crippen LogP contribution in [0.3, 0.4) is 0 Å². The summed E-state index contributed by atoms with van der Waals surface area (Å²) >= 11 is -0.444. The fourth-order valence-electron chi connectivity index (χ4n) is 3.93. The maximum absolute atomic E-state index is 11.9. The summed E-state index contributed by atoms with van der Waals surface area (Å²) in [7, 11) is 1.43. The number of benzene rings is 2. The van der Waals surface area contributed by atoms with E-state index in [9.17, 15) is 9.90 Å². The molecule has 33 heavy (non-hydrogen) atoms. The molecule has 1 aliphatic heterocycles. The van der Waals surface area contributed by atoms with Gasteiger partial charge >= 0.3 is 194 Å². The second-order valence-corrected chi connectivity index (χ2v) is 10.8. The number of aromatic nitrogens is 2. The van der Waals surface area contributed by atoms with Crippen molar-refractivity contribution in [2.24, 2.45) is 0 Å². The molecule has 2 atom stereocenters. The van der Waals surface area contributed by atoms with Gasteiger partial charge < -0.3 is 0 Å². The molecule has 0 saturated carbocycles. The van der Waals surface area contributed by atoms with Crippen LogP contribution in [0.5, 0.6) is 5.75 Å². The number of nitrogens with one attached hydrogen (secondary N) is 1. The van der Waals surface area contributed by atoms with E-state index in [0.29, 0.717) is 12.3 Å². The van der Waals surface area contributed by atoms with Crippen molar-refractivity contribution < 1.29 is 14.6 Å². The molecule has 0 aliphatic carbocycles. The predicted octanol–water partition coefficient (Wildman–Crippen LogP) is 1.52. The molecule has 0 bridgehead atoms. The zero-order valence-corrected chi connectivity index (χ0v) is 20.8. The first-order valence-electron chi connectivity index (χ1n) is 11.1. The number of phenols is 1. The number of aryl methyl sites for hydroxylation is 1. The van der Waals surface area contributed by atoms with E-state index in [1.807, 2.05) is 24.4 Å². The zero-order chi connectivity index (χ0) is 23.0. The molecule has 2 unspecified atom stereocenters. The van der Waals surface area contributed by atoms with E-state index >= 15 is 0 Å². The number of nitrogens with zero attached hydrogens (tertiary/aromatic N) is 3. The number of phenolic OH excluding ortho intramolecular Hbond substituents is 1. The number of methoxy groups -OCH3 is 1. The molecule has 1 aromatic heterocycles. The molecule has 1 saturated heterocycles. The molecule has 172 valence electrons. The van der Waals surface area contributed by atoms with Gasteiger partial charge in [0, 0.05) is 0 Å². The number of esters is 1. The molecular formula is C25H29AsN4O3. The summed E-state index contributed by atoms with van der Waals surface area (Å²) in [6.45, 7) is 3.08. The van der Waals surface area contributed by atoms with Gasteiger partial charge in [-0.15, -0.1) is 0 Å². The zero-order valence-electron chi connectivity index (χ0n) is 18.7. The fourth-order valence-corrected chi connectivity index (χ4v) is 6.03. The molecule has 0 spiro atoms. The molecule has 0 radical (unpaired) electrons. The molecule has 2 aromatic carbocycles. The summed E-state index contributed by atoms with van der Waals surface area (Å²) in [5.41, 5.74) is 4.45. The normalized spacial score (nSPS) is 16.8. The summed E-state index contributed by atoms with van der Waals surface area (Å²) in [5, 5.41) is 13.7. The number of aromatic hydroxyl groups is 1. The van der Waals surface area contributed by atoms with Crippen molar-refractivity contribution in [2.45, 2.75) is 24.2 Å². The first kappa shape index (κ1) is 23.4.